The van der Waals surface area contributed by atoms with Crippen LogP contribution in [0.4, 0.5) is 0 Å². The molecular weight excluding hydrogens is 632 g/mol. The number of Topliss-reactive ketones (excluding diaryl/α,β-unsaturated/α-hetero) is 4. The first kappa shape index (κ1) is 31.8. The number of esters is 3. The summed E-state index contributed by atoms with van der Waals surface area (Å²) in [6.45, 7) is 5.10. The lowest BCUT2D eigenvalue weighted by Gasteiger charge is -2.29. The molecule has 0 saturated carbocycles. The number of cyclic esters (lactones) is 1. The van der Waals surface area contributed by atoms with Crippen molar-refractivity contribution in [2.75, 3.05) is 14.2 Å². The molecule has 0 N–H and O–H groups in total. The SMILES string of the molecule is COC1=C(C2=C(OC)C(=O)c3cc4cc(C)oc(=O)c4c(OC(C)=O)c3C2=O)C(=O)c2c(cc3c(c2OC(C)=O)C(=O)O[C@H](C)C3)C1=O. The smallest absolute Gasteiger partial charge is 0.347 e. The Balaban J connectivity index is 1.68. The molecule has 2 heterocycles. The second-order valence-electron chi connectivity index (χ2n) is 11.1. The third-order valence-corrected chi connectivity index (χ3v) is 7.93. The molecule has 2 aromatic carbocycles. The van der Waals surface area contributed by atoms with E-state index in [0.717, 1.165) is 28.1 Å². The van der Waals surface area contributed by atoms with E-state index in [1.54, 1.807) is 6.92 Å². The van der Waals surface area contributed by atoms with E-state index >= 15 is 0 Å². The fraction of sp³-hybridized carbons (Fsp3) is 0.235. The van der Waals surface area contributed by atoms with E-state index in [4.69, 9.17) is 28.1 Å². The lowest BCUT2D eigenvalue weighted by Crippen LogP contribution is -2.34. The van der Waals surface area contributed by atoms with Gasteiger partial charge in [-0.2, -0.15) is 0 Å². The zero-order valence-electron chi connectivity index (χ0n) is 26.2. The van der Waals surface area contributed by atoms with Crippen molar-refractivity contribution >= 4 is 51.8 Å². The quantitative estimate of drug-likeness (QED) is 0.286. The van der Waals surface area contributed by atoms with Crippen LogP contribution in [0.25, 0.3) is 10.8 Å². The number of methoxy groups -OCH3 is 2. The number of fused-ring (bicyclic) bond motifs is 4. The van der Waals surface area contributed by atoms with Gasteiger partial charge in [-0.3, -0.25) is 28.8 Å². The summed E-state index contributed by atoms with van der Waals surface area (Å²) in [5, 5.41) is -0.241. The Hall–Kier alpha value is -6.18. The van der Waals surface area contributed by atoms with Gasteiger partial charge >= 0.3 is 23.5 Å². The Morgan fingerprint density at radius 1 is 0.729 bits per heavy atom. The average Bonchev–Trinajstić information content (AvgIpc) is 2.99. The van der Waals surface area contributed by atoms with Gasteiger partial charge in [-0.15, -0.1) is 0 Å². The van der Waals surface area contributed by atoms with E-state index in [2.05, 4.69) is 0 Å². The maximum absolute atomic E-state index is 14.5. The summed E-state index contributed by atoms with van der Waals surface area (Å²) >= 11 is 0. The number of benzene rings is 2. The van der Waals surface area contributed by atoms with Gasteiger partial charge in [-0.25, -0.2) is 9.59 Å². The van der Waals surface area contributed by atoms with Crippen LogP contribution in [0.2, 0.25) is 0 Å². The van der Waals surface area contributed by atoms with E-state index in [1.807, 2.05) is 0 Å². The molecule has 244 valence electrons. The van der Waals surface area contributed by atoms with Gasteiger partial charge in [0.25, 0.3) is 0 Å². The largest absolute Gasteiger partial charge is 0.492 e. The van der Waals surface area contributed by atoms with Crippen molar-refractivity contribution in [3.63, 3.8) is 0 Å². The minimum atomic E-state index is -1.16. The molecule has 1 aliphatic heterocycles. The van der Waals surface area contributed by atoms with Crippen LogP contribution in [0.3, 0.4) is 0 Å². The molecule has 14 nitrogen and oxygen atoms in total. The van der Waals surface area contributed by atoms with Crippen molar-refractivity contribution in [2.45, 2.75) is 40.2 Å². The highest BCUT2D eigenvalue weighted by molar-refractivity contribution is 6.38. The number of hydrogen-bond donors (Lipinski definition) is 0. The van der Waals surface area contributed by atoms with Gasteiger partial charge in [0.2, 0.25) is 23.1 Å². The van der Waals surface area contributed by atoms with Crippen LogP contribution in [0.1, 0.15) is 83.9 Å². The van der Waals surface area contributed by atoms with Crippen LogP contribution in [0, 0.1) is 6.92 Å². The lowest BCUT2D eigenvalue weighted by molar-refractivity contribution is -0.132. The van der Waals surface area contributed by atoms with Gasteiger partial charge < -0.3 is 28.1 Å². The monoisotopic (exact) mass is 656 g/mol. The van der Waals surface area contributed by atoms with E-state index in [0.29, 0.717) is 0 Å². The maximum Gasteiger partial charge on any atom is 0.347 e. The highest BCUT2D eigenvalue weighted by Crippen LogP contribution is 2.45. The predicted molar refractivity (Wildman–Crippen MR) is 160 cm³/mol. The predicted octanol–water partition coefficient (Wildman–Crippen LogP) is 3.31. The highest BCUT2D eigenvalue weighted by atomic mass is 16.6. The molecule has 0 amide bonds. The normalized spacial score (nSPS) is 17.1. The van der Waals surface area contributed by atoms with E-state index in [1.165, 1.54) is 25.1 Å². The summed E-state index contributed by atoms with van der Waals surface area (Å²) < 4.78 is 31.9. The van der Waals surface area contributed by atoms with E-state index in [9.17, 15) is 38.4 Å². The number of hydrogen-bond acceptors (Lipinski definition) is 14. The van der Waals surface area contributed by atoms with Crippen LogP contribution in [0.15, 0.2) is 50.1 Å². The topological polar surface area (TPSA) is 196 Å². The summed E-state index contributed by atoms with van der Waals surface area (Å²) in [6, 6.07) is 3.89. The Morgan fingerprint density at radius 3 is 1.79 bits per heavy atom. The summed E-state index contributed by atoms with van der Waals surface area (Å²) in [6.07, 6.45) is -0.489. The molecule has 1 aromatic heterocycles. The first-order valence-electron chi connectivity index (χ1n) is 14.3. The molecule has 48 heavy (non-hydrogen) atoms. The average molecular weight is 657 g/mol. The number of ether oxygens (including phenoxy) is 5. The van der Waals surface area contributed by atoms with Gasteiger partial charge in [0, 0.05) is 31.4 Å². The molecule has 2 aliphatic carbocycles. The van der Waals surface area contributed by atoms with Crippen molar-refractivity contribution < 1.29 is 61.7 Å². The number of ketones is 4. The van der Waals surface area contributed by atoms with Gasteiger partial charge in [0.05, 0.1) is 36.5 Å². The second-order valence-corrected chi connectivity index (χ2v) is 11.1. The standard InChI is InChI=1S/C34H24O14/c1-11-7-15-9-17-21(29(47-13(3)35)19(15)33(41)45-11)27(39)23(31(43-5)25(17)37)24-28(40)22-18(26(38)32(24)44-6)10-16-8-12(2)46-34(42)20(16)30(22)48-14(4)36/h7,9-10,12H,8H2,1-6H3/t12-/m1/s1. The maximum atomic E-state index is 14.5. The zero-order valence-corrected chi connectivity index (χ0v) is 26.2. The summed E-state index contributed by atoms with van der Waals surface area (Å²) in [5.41, 5.74) is -4.34. The fourth-order valence-electron chi connectivity index (χ4n) is 6.21. The van der Waals surface area contributed by atoms with Crippen LogP contribution >= 0.6 is 0 Å². The molecule has 0 radical (unpaired) electrons. The number of allylic oxidation sites excluding steroid dienone is 4. The molecule has 3 aromatic rings. The third-order valence-electron chi connectivity index (χ3n) is 7.93. The van der Waals surface area contributed by atoms with Crippen LogP contribution in [-0.4, -0.2) is 61.4 Å². The molecule has 3 aliphatic rings. The van der Waals surface area contributed by atoms with Crippen molar-refractivity contribution in [1.82, 2.24) is 0 Å². The first-order chi connectivity index (χ1) is 22.7. The fourth-order valence-corrected chi connectivity index (χ4v) is 6.21. The minimum Gasteiger partial charge on any atom is -0.492 e. The Kier molecular flexibility index (Phi) is 7.46. The molecule has 0 spiro atoms. The molecule has 0 fully saturated rings. The molecule has 0 saturated heterocycles. The van der Waals surface area contributed by atoms with Gasteiger partial charge in [0.15, 0.2) is 23.0 Å². The summed E-state index contributed by atoms with van der Waals surface area (Å²) in [4.78, 5) is 108. The zero-order chi connectivity index (χ0) is 34.9. The Labute approximate surface area is 269 Å². The van der Waals surface area contributed by atoms with Crippen molar-refractivity contribution in [3.05, 3.63) is 90.4 Å². The van der Waals surface area contributed by atoms with Crippen LogP contribution < -0.4 is 15.1 Å². The number of carbonyl (C=O) groups excluding carboxylic acids is 7. The third kappa shape index (κ3) is 4.63. The first-order valence-corrected chi connectivity index (χ1v) is 14.3. The van der Waals surface area contributed by atoms with Crippen molar-refractivity contribution in [1.29, 1.82) is 0 Å². The van der Waals surface area contributed by atoms with Crippen LogP contribution in [0.5, 0.6) is 11.5 Å². The van der Waals surface area contributed by atoms with Crippen molar-refractivity contribution in [3.8, 4) is 11.5 Å². The van der Waals surface area contributed by atoms with Crippen molar-refractivity contribution in [2.24, 2.45) is 0 Å². The summed E-state index contributed by atoms with van der Waals surface area (Å²) in [7, 11) is 2.10. The molecule has 6 rings (SSSR count). The highest BCUT2D eigenvalue weighted by Gasteiger charge is 2.48. The number of carbonyl (C=O) groups is 7. The van der Waals surface area contributed by atoms with Gasteiger partial charge in [-0.05, 0) is 43.0 Å². The van der Waals surface area contributed by atoms with Crippen LogP contribution in [-0.2, 0) is 30.2 Å². The van der Waals surface area contributed by atoms with Gasteiger partial charge in [0.1, 0.15) is 22.8 Å². The number of rotatable bonds is 5. The van der Waals surface area contributed by atoms with E-state index < -0.39 is 98.1 Å². The van der Waals surface area contributed by atoms with Gasteiger partial charge in [-0.1, -0.05) is 0 Å². The number of aryl methyl sites for hydroxylation is 1. The van der Waals surface area contributed by atoms with E-state index in [-0.39, 0.29) is 45.2 Å². The minimum absolute atomic E-state index is 0.102. The molecular formula is C34H24O14. The molecule has 0 unspecified atom stereocenters. The summed E-state index contributed by atoms with van der Waals surface area (Å²) in [5.74, 6) is -9.45. The Morgan fingerprint density at radius 2 is 1.25 bits per heavy atom. The molecule has 0 bridgehead atoms. The molecule has 1 atom stereocenters. The second kappa shape index (κ2) is 11.3. The Bertz CT molecular complexity index is 2240. The lowest BCUT2D eigenvalue weighted by atomic mass is 9.76. The molecule has 14 heteroatoms.